The predicted molar refractivity (Wildman–Crippen MR) is 85.8 cm³/mol. The number of likely N-dealkylation sites (tertiary alicyclic amines) is 1. The highest BCUT2D eigenvalue weighted by Crippen LogP contribution is 2.31. The van der Waals surface area contributed by atoms with Gasteiger partial charge in [0.1, 0.15) is 6.04 Å². The molecule has 1 aromatic heterocycles. The summed E-state index contributed by atoms with van der Waals surface area (Å²) in [4.78, 5) is 15.7. The summed E-state index contributed by atoms with van der Waals surface area (Å²) in [6.45, 7) is 1.58. The van der Waals surface area contributed by atoms with Gasteiger partial charge in [0.2, 0.25) is 0 Å². The molecule has 0 unspecified atom stereocenters. The van der Waals surface area contributed by atoms with E-state index in [1.165, 1.54) is 9.75 Å². The van der Waals surface area contributed by atoms with Crippen LogP contribution >= 0.6 is 22.9 Å². The van der Waals surface area contributed by atoms with Gasteiger partial charge >= 0.3 is 5.97 Å². The maximum absolute atomic E-state index is 11.2. The number of halogens is 1. The number of aliphatic carboxylic acids is 1. The number of carboxylic acids is 1. The Kier molecular flexibility index (Phi) is 4.29. The molecular weight excluding hydrogens is 306 g/mol. The summed E-state index contributed by atoms with van der Waals surface area (Å²) in [5, 5.41) is 9.95. The third kappa shape index (κ3) is 3.28. The van der Waals surface area contributed by atoms with Crippen LogP contribution in [0.25, 0.3) is 10.4 Å². The number of nitrogens with zero attached hydrogens (tertiary/aromatic N) is 1. The Morgan fingerprint density at radius 2 is 2.05 bits per heavy atom. The van der Waals surface area contributed by atoms with E-state index in [2.05, 4.69) is 17.0 Å². The Morgan fingerprint density at radius 1 is 1.29 bits per heavy atom. The van der Waals surface area contributed by atoms with Crippen LogP contribution < -0.4 is 0 Å². The van der Waals surface area contributed by atoms with Crippen LogP contribution in [0.5, 0.6) is 0 Å². The number of thiophene rings is 1. The van der Waals surface area contributed by atoms with Crippen molar-refractivity contribution >= 4 is 28.9 Å². The lowest BCUT2D eigenvalue weighted by Gasteiger charge is -2.19. The van der Waals surface area contributed by atoms with Crippen LogP contribution in [0.3, 0.4) is 0 Å². The van der Waals surface area contributed by atoms with Gasteiger partial charge in [0.05, 0.1) is 0 Å². The molecule has 1 aliphatic rings. The second-order valence-electron chi connectivity index (χ2n) is 5.24. The first-order valence-corrected chi connectivity index (χ1v) is 8.14. The molecule has 0 radical (unpaired) electrons. The second kappa shape index (κ2) is 6.18. The topological polar surface area (TPSA) is 40.5 Å². The van der Waals surface area contributed by atoms with Gasteiger partial charge in [0.15, 0.2) is 0 Å². The van der Waals surface area contributed by atoms with Crippen molar-refractivity contribution in [3.05, 3.63) is 46.3 Å². The highest BCUT2D eigenvalue weighted by atomic mass is 35.5. The molecule has 0 spiro atoms. The maximum atomic E-state index is 11.2. The Bertz CT molecular complexity index is 638. The van der Waals surface area contributed by atoms with Gasteiger partial charge in [-0.1, -0.05) is 23.7 Å². The highest BCUT2D eigenvalue weighted by Gasteiger charge is 2.30. The molecule has 3 nitrogen and oxygen atoms in total. The molecule has 1 saturated heterocycles. The zero-order chi connectivity index (χ0) is 14.8. The van der Waals surface area contributed by atoms with E-state index in [1.54, 1.807) is 11.3 Å². The van der Waals surface area contributed by atoms with Gasteiger partial charge in [-0.2, -0.15) is 0 Å². The maximum Gasteiger partial charge on any atom is 0.320 e. The summed E-state index contributed by atoms with van der Waals surface area (Å²) >= 11 is 7.62. The third-order valence-corrected chi connectivity index (χ3v) is 5.17. The summed E-state index contributed by atoms with van der Waals surface area (Å²) in [5.41, 5.74) is 1.15. The van der Waals surface area contributed by atoms with Crippen molar-refractivity contribution in [3.63, 3.8) is 0 Å². The minimum atomic E-state index is -0.706. The molecule has 0 aliphatic carbocycles. The van der Waals surface area contributed by atoms with E-state index in [1.807, 2.05) is 24.3 Å². The van der Waals surface area contributed by atoms with Crippen LogP contribution in [-0.4, -0.2) is 28.6 Å². The van der Waals surface area contributed by atoms with Gasteiger partial charge in [-0.05, 0) is 49.2 Å². The Labute approximate surface area is 132 Å². The van der Waals surface area contributed by atoms with Crippen LogP contribution in [0.2, 0.25) is 5.02 Å². The first-order valence-electron chi connectivity index (χ1n) is 6.95. The smallest absolute Gasteiger partial charge is 0.320 e. The van der Waals surface area contributed by atoms with Gasteiger partial charge in [-0.25, -0.2) is 0 Å². The molecule has 1 atom stereocenters. The van der Waals surface area contributed by atoms with E-state index >= 15 is 0 Å². The number of carbonyl (C=O) groups is 1. The van der Waals surface area contributed by atoms with E-state index in [9.17, 15) is 9.90 Å². The Hall–Kier alpha value is -1.36. The normalized spacial score (nSPS) is 19.0. The van der Waals surface area contributed by atoms with E-state index in [0.29, 0.717) is 0 Å². The minimum Gasteiger partial charge on any atom is -0.480 e. The van der Waals surface area contributed by atoms with Crippen molar-refractivity contribution in [1.29, 1.82) is 0 Å². The molecule has 2 heterocycles. The molecule has 5 heteroatoms. The SMILES string of the molecule is O=C(O)[C@@H]1CCCN1Cc1ccc(-c2ccc(Cl)cc2)s1. The molecule has 1 fully saturated rings. The first-order chi connectivity index (χ1) is 10.1. The summed E-state index contributed by atoms with van der Waals surface area (Å²) in [6.07, 6.45) is 1.72. The fraction of sp³-hybridized carbons (Fsp3) is 0.312. The number of benzene rings is 1. The van der Waals surface area contributed by atoms with Crippen molar-refractivity contribution < 1.29 is 9.90 Å². The molecule has 0 bridgehead atoms. The van der Waals surface area contributed by atoms with Gasteiger partial charge in [-0.3, -0.25) is 9.69 Å². The molecule has 110 valence electrons. The lowest BCUT2D eigenvalue weighted by Crippen LogP contribution is -2.35. The summed E-state index contributed by atoms with van der Waals surface area (Å²) in [7, 11) is 0. The van der Waals surface area contributed by atoms with Gasteiger partial charge < -0.3 is 5.11 Å². The van der Waals surface area contributed by atoms with Crippen LogP contribution in [0.4, 0.5) is 0 Å². The lowest BCUT2D eigenvalue weighted by molar-refractivity contribution is -0.142. The van der Waals surface area contributed by atoms with Gasteiger partial charge in [-0.15, -0.1) is 11.3 Å². The molecular formula is C16H16ClNO2S. The van der Waals surface area contributed by atoms with Crippen molar-refractivity contribution in [2.75, 3.05) is 6.54 Å². The largest absolute Gasteiger partial charge is 0.480 e. The molecule has 21 heavy (non-hydrogen) atoms. The van der Waals surface area contributed by atoms with Crippen molar-refractivity contribution in [2.45, 2.75) is 25.4 Å². The molecule has 2 aromatic rings. The zero-order valence-electron chi connectivity index (χ0n) is 11.5. The van der Waals surface area contributed by atoms with Gasteiger partial charge in [0, 0.05) is 21.3 Å². The average molecular weight is 322 g/mol. The highest BCUT2D eigenvalue weighted by molar-refractivity contribution is 7.15. The number of hydrogen-bond acceptors (Lipinski definition) is 3. The lowest BCUT2D eigenvalue weighted by atomic mass is 10.2. The first kappa shape index (κ1) is 14.6. The molecule has 3 rings (SSSR count). The van der Waals surface area contributed by atoms with Crippen LogP contribution in [0.1, 0.15) is 17.7 Å². The predicted octanol–water partition coefficient (Wildman–Crippen LogP) is 4.12. The standard InChI is InChI=1S/C16H16ClNO2S/c17-12-5-3-11(4-6-12)15-8-7-13(21-15)10-18-9-1-2-14(18)16(19)20/h3-8,14H,1-2,9-10H2,(H,19,20)/t14-/m0/s1. The van der Waals surface area contributed by atoms with E-state index in [-0.39, 0.29) is 6.04 Å². The Morgan fingerprint density at radius 3 is 2.76 bits per heavy atom. The number of hydrogen-bond donors (Lipinski definition) is 1. The van der Waals surface area contributed by atoms with Gasteiger partial charge in [0.25, 0.3) is 0 Å². The van der Waals surface area contributed by atoms with Crippen molar-refractivity contribution in [3.8, 4) is 10.4 Å². The molecule has 0 amide bonds. The van der Waals surface area contributed by atoms with Crippen LogP contribution in [0, 0.1) is 0 Å². The van der Waals surface area contributed by atoms with Crippen molar-refractivity contribution in [2.24, 2.45) is 0 Å². The molecule has 1 aromatic carbocycles. The van der Waals surface area contributed by atoms with Crippen LogP contribution in [-0.2, 0) is 11.3 Å². The summed E-state index contributed by atoms with van der Waals surface area (Å²) in [6, 6.07) is 11.6. The monoisotopic (exact) mass is 321 g/mol. The van der Waals surface area contributed by atoms with E-state index in [0.717, 1.165) is 36.5 Å². The summed E-state index contributed by atoms with van der Waals surface area (Å²) in [5.74, 6) is -0.706. The average Bonchev–Trinajstić information content (AvgIpc) is 3.09. The minimum absolute atomic E-state index is 0.328. The fourth-order valence-corrected chi connectivity index (χ4v) is 3.89. The zero-order valence-corrected chi connectivity index (χ0v) is 13.0. The molecule has 0 saturated carbocycles. The summed E-state index contributed by atoms with van der Waals surface area (Å²) < 4.78 is 0. The quantitative estimate of drug-likeness (QED) is 0.921. The molecule has 1 N–H and O–H groups in total. The van der Waals surface area contributed by atoms with Crippen LogP contribution in [0.15, 0.2) is 36.4 Å². The van der Waals surface area contributed by atoms with E-state index in [4.69, 9.17) is 11.6 Å². The van der Waals surface area contributed by atoms with E-state index < -0.39 is 5.97 Å². The third-order valence-electron chi connectivity index (χ3n) is 3.80. The van der Waals surface area contributed by atoms with Crippen molar-refractivity contribution in [1.82, 2.24) is 4.90 Å². The fourth-order valence-electron chi connectivity index (χ4n) is 2.73. The molecule has 1 aliphatic heterocycles. The number of carboxylic acid groups (broad SMARTS) is 1. The Balaban J connectivity index is 1.73. The second-order valence-corrected chi connectivity index (χ2v) is 6.84. The number of rotatable bonds is 4.